The third kappa shape index (κ3) is 5.76. The summed E-state index contributed by atoms with van der Waals surface area (Å²) in [4.78, 5) is 17.9. The fraction of sp³-hybridized carbons (Fsp3) is 0.407. The fourth-order valence-corrected chi connectivity index (χ4v) is 3.42. The number of allylic oxidation sites excluding steroid dienone is 1. The molecule has 1 atom stereocenters. The number of nitrogens with zero attached hydrogens (tertiary/aromatic N) is 1. The lowest BCUT2D eigenvalue weighted by Crippen LogP contribution is -2.13. The first-order chi connectivity index (χ1) is 13.9. The minimum Gasteiger partial charge on any atom is -0.294 e. The molecule has 2 rings (SSSR count). The van der Waals surface area contributed by atoms with Crippen LogP contribution in [0.5, 0.6) is 0 Å². The van der Waals surface area contributed by atoms with E-state index in [1.165, 1.54) is 0 Å². The van der Waals surface area contributed by atoms with Crippen molar-refractivity contribution in [1.29, 1.82) is 0 Å². The van der Waals surface area contributed by atoms with Gasteiger partial charge in [-0.25, -0.2) is 0 Å². The molecule has 0 bridgehead atoms. The molecule has 0 heterocycles. The van der Waals surface area contributed by atoms with Crippen molar-refractivity contribution < 1.29 is 4.79 Å². The van der Waals surface area contributed by atoms with Crippen LogP contribution in [-0.4, -0.2) is 11.5 Å². The van der Waals surface area contributed by atoms with Crippen molar-refractivity contribution in [2.24, 2.45) is 16.8 Å². The second-order valence-corrected chi connectivity index (χ2v) is 7.91. The van der Waals surface area contributed by atoms with E-state index in [1.807, 2.05) is 19.1 Å². The van der Waals surface area contributed by atoms with Gasteiger partial charge in [0.1, 0.15) is 0 Å². The monoisotopic (exact) mass is 389 g/mol. The Morgan fingerprint density at radius 1 is 0.966 bits per heavy atom. The van der Waals surface area contributed by atoms with Crippen LogP contribution < -0.4 is 0 Å². The number of ketones is 1. The molecular formula is C27H35NO. The van der Waals surface area contributed by atoms with E-state index in [9.17, 15) is 4.79 Å². The molecule has 154 valence electrons. The predicted molar refractivity (Wildman–Crippen MR) is 126 cm³/mol. The van der Waals surface area contributed by atoms with Gasteiger partial charge in [-0.15, -0.1) is 0 Å². The zero-order valence-electron chi connectivity index (χ0n) is 18.8. The van der Waals surface area contributed by atoms with Gasteiger partial charge in [0.25, 0.3) is 0 Å². The molecule has 1 unspecified atom stereocenters. The van der Waals surface area contributed by atoms with Crippen molar-refractivity contribution in [2.45, 2.75) is 60.8 Å². The Hall–Kier alpha value is -2.48. The Kier molecular flexibility index (Phi) is 8.57. The van der Waals surface area contributed by atoms with E-state index in [2.05, 4.69) is 77.1 Å². The topological polar surface area (TPSA) is 29.4 Å². The summed E-state index contributed by atoms with van der Waals surface area (Å²) in [5.41, 5.74) is 6.27. The molecule has 0 radical (unpaired) electrons. The van der Waals surface area contributed by atoms with Crippen LogP contribution in [0.4, 0.5) is 0 Å². The number of benzene rings is 2. The first-order valence-corrected chi connectivity index (χ1v) is 10.9. The fourth-order valence-electron chi connectivity index (χ4n) is 3.42. The minimum absolute atomic E-state index is 0.0560. The molecule has 0 fully saturated rings. The Morgan fingerprint density at radius 2 is 1.66 bits per heavy atom. The van der Waals surface area contributed by atoms with Gasteiger partial charge in [0.2, 0.25) is 0 Å². The summed E-state index contributed by atoms with van der Waals surface area (Å²) in [6, 6.07) is 16.6. The highest BCUT2D eigenvalue weighted by atomic mass is 16.1. The molecule has 2 heteroatoms. The molecule has 2 aromatic rings. The predicted octanol–water partition coefficient (Wildman–Crippen LogP) is 7.37. The van der Waals surface area contributed by atoms with E-state index in [0.717, 1.165) is 52.9 Å². The quantitative estimate of drug-likeness (QED) is 0.325. The lowest BCUT2D eigenvalue weighted by molar-refractivity contribution is 0.0926. The standard InChI is InChI=1S/C27H35NO/c1-7-13-25(28-26(19(4)5)22-14-11-10-12-15-22)23-16-17-24(21(9-3)18-23)27(29)20(6)8-2/h10-20H,7-9H2,1-6H3/b25-13+,28-26?. The summed E-state index contributed by atoms with van der Waals surface area (Å²) in [5, 5.41) is 0. The van der Waals surface area contributed by atoms with Gasteiger partial charge in [-0.2, -0.15) is 0 Å². The van der Waals surface area contributed by atoms with E-state index in [4.69, 9.17) is 4.99 Å². The largest absolute Gasteiger partial charge is 0.294 e. The number of Topliss-reactive ketones (excluding diaryl/α,β-unsaturated/α-hetero) is 1. The summed E-state index contributed by atoms with van der Waals surface area (Å²) in [6.07, 6.45) is 4.79. The van der Waals surface area contributed by atoms with Gasteiger partial charge >= 0.3 is 0 Å². The number of aryl methyl sites for hydroxylation is 1. The van der Waals surface area contributed by atoms with Crippen LogP contribution in [0.25, 0.3) is 5.70 Å². The summed E-state index contributed by atoms with van der Waals surface area (Å²) in [7, 11) is 0. The molecule has 0 saturated carbocycles. The number of carbonyl (C=O) groups is 1. The summed E-state index contributed by atoms with van der Waals surface area (Å²) < 4.78 is 0. The van der Waals surface area contributed by atoms with Crippen molar-refractivity contribution in [2.75, 3.05) is 0 Å². The van der Waals surface area contributed by atoms with E-state index in [1.54, 1.807) is 0 Å². The second kappa shape index (κ2) is 10.9. The van der Waals surface area contributed by atoms with E-state index < -0.39 is 0 Å². The number of hydrogen-bond acceptors (Lipinski definition) is 2. The second-order valence-electron chi connectivity index (χ2n) is 7.91. The summed E-state index contributed by atoms with van der Waals surface area (Å²) in [6.45, 7) is 12.7. The van der Waals surface area contributed by atoms with Crippen molar-refractivity contribution in [3.05, 3.63) is 76.9 Å². The molecule has 0 aromatic heterocycles. The zero-order chi connectivity index (χ0) is 21.4. The van der Waals surface area contributed by atoms with Crippen molar-refractivity contribution in [1.82, 2.24) is 0 Å². The van der Waals surface area contributed by atoms with Crippen LogP contribution in [0.1, 0.15) is 81.4 Å². The smallest absolute Gasteiger partial charge is 0.165 e. The van der Waals surface area contributed by atoms with Crippen molar-refractivity contribution in [3.8, 4) is 0 Å². The third-order valence-electron chi connectivity index (χ3n) is 5.36. The molecule has 2 nitrogen and oxygen atoms in total. The Bertz CT molecular complexity index is 875. The SMILES string of the molecule is CC/C=C(/N=C(c1ccccc1)C(C)C)c1ccc(C(=O)C(C)CC)c(CC)c1. The van der Waals surface area contributed by atoms with Crippen molar-refractivity contribution >= 4 is 17.2 Å². The van der Waals surface area contributed by atoms with Gasteiger partial charge in [-0.3, -0.25) is 9.79 Å². The van der Waals surface area contributed by atoms with E-state index >= 15 is 0 Å². The number of aliphatic imine (C=N–C) groups is 1. The average molecular weight is 390 g/mol. The minimum atomic E-state index is 0.0560. The number of hydrogen-bond donors (Lipinski definition) is 0. The Morgan fingerprint density at radius 3 is 2.21 bits per heavy atom. The van der Waals surface area contributed by atoms with E-state index in [-0.39, 0.29) is 11.7 Å². The third-order valence-corrected chi connectivity index (χ3v) is 5.36. The first kappa shape index (κ1) is 22.8. The van der Waals surface area contributed by atoms with Gasteiger partial charge in [0.15, 0.2) is 5.78 Å². The maximum absolute atomic E-state index is 12.8. The highest BCUT2D eigenvalue weighted by molar-refractivity contribution is 6.05. The van der Waals surface area contributed by atoms with E-state index in [0.29, 0.717) is 5.92 Å². The van der Waals surface area contributed by atoms with Crippen LogP contribution in [0.15, 0.2) is 59.6 Å². The average Bonchev–Trinajstić information content (AvgIpc) is 2.75. The van der Waals surface area contributed by atoms with Crippen LogP contribution in [0.2, 0.25) is 0 Å². The highest BCUT2D eigenvalue weighted by Gasteiger charge is 2.18. The van der Waals surface area contributed by atoms with Crippen molar-refractivity contribution in [3.63, 3.8) is 0 Å². The Labute approximate surface area is 176 Å². The van der Waals surface area contributed by atoms with Gasteiger partial charge < -0.3 is 0 Å². The Balaban J connectivity index is 2.53. The zero-order valence-corrected chi connectivity index (χ0v) is 18.8. The molecule has 0 aliphatic carbocycles. The maximum atomic E-state index is 12.8. The molecule has 0 aliphatic rings. The lowest BCUT2D eigenvalue weighted by atomic mass is 9.91. The molecule has 0 saturated heterocycles. The lowest BCUT2D eigenvalue weighted by Gasteiger charge is -2.15. The molecule has 0 N–H and O–H groups in total. The summed E-state index contributed by atoms with van der Waals surface area (Å²) in [5.74, 6) is 0.614. The molecule has 0 aliphatic heterocycles. The maximum Gasteiger partial charge on any atom is 0.165 e. The number of rotatable bonds is 9. The first-order valence-electron chi connectivity index (χ1n) is 10.9. The molecule has 2 aromatic carbocycles. The highest BCUT2D eigenvalue weighted by Crippen LogP contribution is 2.25. The van der Waals surface area contributed by atoms with Gasteiger partial charge in [0.05, 0.1) is 11.4 Å². The molecule has 0 amide bonds. The normalized spacial score (nSPS) is 13.6. The van der Waals surface area contributed by atoms with Gasteiger partial charge in [-0.1, -0.05) is 90.1 Å². The molecule has 29 heavy (non-hydrogen) atoms. The van der Waals surface area contributed by atoms with Crippen LogP contribution >= 0.6 is 0 Å². The van der Waals surface area contributed by atoms with Gasteiger partial charge in [0, 0.05) is 17.0 Å². The van der Waals surface area contributed by atoms with Crippen LogP contribution in [0, 0.1) is 11.8 Å². The van der Waals surface area contributed by atoms with Crippen LogP contribution in [-0.2, 0) is 6.42 Å². The van der Waals surface area contributed by atoms with Gasteiger partial charge in [-0.05, 0) is 42.4 Å². The summed E-state index contributed by atoms with van der Waals surface area (Å²) >= 11 is 0. The van der Waals surface area contributed by atoms with Crippen LogP contribution in [0.3, 0.4) is 0 Å². The number of carbonyl (C=O) groups excluding carboxylic acids is 1. The molecule has 0 spiro atoms. The molecular weight excluding hydrogens is 354 g/mol.